The summed E-state index contributed by atoms with van der Waals surface area (Å²) in [5.41, 5.74) is 9.02. The third-order valence-electron chi connectivity index (χ3n) is 5.93. The van der Waals surface area contributed by atoms with E-state index >= 15 is 0 Å². The molecule has 4 aromatic rings. The zero-order valence-corrected chi connectivity index (χ0v) is 20.9. The molecule has 0 bridgehead atoms. The van der Waals surface area contributed by atoms with Crippen LogP contribution in [-0.4, -0.2) is 55.2 Å². The third kappa shape index (κ3) is 5.54. The molecule has 2 N–H and O–H groups in total. The van der Waals surface area contributed by atoms with Gasteiger partial charge < -0.3 is 20.1 Å². The molecule has 11 heteroatoms. The average molecular weight is 516 g/mol. The molecule has 1 aliphatic rings. The van der Waals surface area contributed by atoms with Crippen molar-refractivity contribution in [1.29, 1.82) is 0 Å². The smallest absolute Gasteiger partial charge is 0.246 e. The Morgan fingerprint density at radius 2 is 2.16 bits per heavy atom. The molecule has 4 heterocycles. The lowest BCUT2D eigenvalue weighted by Gasteiger charge is -2.32. The van der Waals surface area contributed by atoms with Gasteiger partial charge in [-0.15, -0.1) is 11.3 Å². The van der Waals surface area contributed by atoms with Crippen LogP contribution < -0.4 is 15.2 Å². The van der Waals surface area contributed by atoms with Gasteiger partial charge in [-0.25, -0.2) is 14.6 Å². The summed E-state index contributed by atoms with van der Waals surface area (Å²) in [5, 5.41) is 5.32. The first kappa shape index (κ1) is 24.3. The molecular weight excluding hydrogens is 490 g/mol. The van der Waals surface area contributed by atoms with E-state index in [-0.39, 0.29) is 18.6 Å². The van der Waals surface area contributed by atoms with E-state index in [4.69, 9.17) is 20.3 Å². The number of benzene rings is 1. The van der Waals surface area contributed by atoms with Gasteiger partial charge in [-0.1, -0.05) is 18.6 Å². The monoisotopic (exact) mass is 515 g/mol. The number of nitrogen functional groups attached to an aromatic ring is 1. The van der Waals surface area contributed by atoms with Crippen LogP contribution >= 0.6 is 11.3 Å². The number of anilines is 1. The molecule has 37 heavy (non-hydrogen) atoms. The third-order valence-corrected chi connectivity index (χ3v) is 6.69. The van der Waals surface area contributed by atoms with E-state index in [1.54, 1.807) is 27.9 Å². The fraction of sp³-hybridized carbons (Fsp3) is 0.269. The van der Waals surface area contributed by atoms with E-state index in [9.17, 15) is 4.79 Å². The molecule has 0 aliphatic carbocycles. The summed E-state index contributed by atoms with van der Waals surface area (Å²) >= 11 is 1.54. The standard InChI is InChI=1S/C26H25N7O3S/c1-2-23(34)32-10-4-6-18(14-32)33-26-24(25(27)29-16-30-26)22(31-33)9-5-11-35-19-7-3-8-20(12-19)36-15-21-13-28-17-37-21/h2-3,7-8,12-13,16-18H,1,4,6,10-11,14-15H2,(H2,27,29,30)/t18-/m1/s1. The minimum Gasteiger partial charge on any atom is -0.488 e. The molecule has 1 amide bonds. The van der Waals surface area contributed by atoms with Crippen LogP contribution in [0.4, 0.5) is 5.82 Å². The summed E-state index contributed by atoms with van der Waals surface area (Å²) in [6, 6.07) is 7.35. The fourth-order valence-corrected chi connectivity index (χ4v) is 4.69. The van der Waals surface area contributed by atoms with Crippen molar-refractivity contribution in [2.75, 3.05) is 25.4 Å². The highest BCUT2D eigenvalue weighted by molar-refractivity contribution is 7.09. The zero-order valence-electron chi connectivity index (χ0n) is 20.0. The predicted molar refractivity (Wildman–Crippen MR) is 140 cm³/mol. The molecule has 5 rings (SSSR count). The number of nitrogens with zero attached hydrogens (tertiary/aromatic N) is 6. The number of ether oxygens (including phenoxy) is 2. The minimum atomic E-state index is -0.0922. The SMILES string of the molecule is C=CC(=O)N1CCC[C@@H](n2nc(C#CCOc3cccc(OCc4cncs4)c3)c3c(N)ncnc32)C1. The number of thiazole rings is 1. The maximum Gasteiger partial charge on any atom is 0.246 e. The molecule has 1 aromatic carbocycles. The van der Waals surface area contributed by atoms with Gasteiger partial charge in [-0.05, 0) is 37.0 Å². The van der Waals surface area contributed by atoms with Gasteiger partial charge in [0.15, 0.2) is 5.65 Å². The van der Waals surface area contributed by atoms with Crippen molar-refractivity contribution < 1.29 is 14.3 Å². The summed E-state index contributed by atoms with van der Waals surface area (Å²) in [5.74, 6) is 7.63. The Kier molecular flexibility index (Phi) is 7.28. The fourth-order valence-electron chi connectivity index (χ4n) is 4.18. The number of carbonyl (C=O) groups excluding carboxylic acids is 1. The number of hydrogen-bond donors (Lipinski definition) is 1. The largest absolute Gasteiger partial charge is 0.488 e. The summed E-state index contributed by atoms with van der Waals surface area (Å²) in [6.45, 7) is 5.40. The van der Waals surface area contributed by atoms with Gasteiger partial charge >= 0.3 is 0 Å². The first-order valence-corrected chi connectivity index (χ1v) is 12.6. The van der Waals surface area contributed by atoms with Gasteiger partial charge in [0, 0.05) is 25.4 Å². The molecule has 3 aromatic heterocycles. The molecule has 1 fully saturated rings. The molecule has 1 saturated heterocycles. The van der Waals surface area contributed by atoms with Gasteiger partial charge in [-0.3, -0.25) is 9.78 Å². The Labute approximate surface area is 217 Å². The highest BCUT2D eigenvalue weighted by Crippen LogP contribution is 2.28. The van der Waals surface area contributed by atoms with E-state index in [0.29, 0.717) is 53.7 Å². The molecule has 0 radical (unpaired) electrons. The molecule has 1 atom stereocenters. The molecular formula is C26H25N7O3S. The Bertz CT molecular complexity index is 1470. The van der Waals surface area contributed by atoms with E-state index in [1.165, 1.54) is 12.4 Å². The number of rotatable bonds is 7. The van der Waals surface area contributed by atoms with E-state index in [0.717, 1.165) is 17.7 Å². The lowest BCUT2D eigenvalue weighted by molar-refractivity contribution is -0.127. The van der Waals surface area contributed by atoms with Crippen LogP contribution in [0.5, 0.6) is 11.5 Å². The number of fused-ring (bicyclic) bond motifs is 1. The van der Waals surface area contributed by atoms with E-state index < -0.39 is 0 Å². The molecule has 0 unspecified atom stereocenters. The first-order chi connectivity index (χ1) is 18.1. The molecule has 0 spiro atoms. The summed E-state index contributed by atoms with van der Waals surface area (Å²) in [6.07, 6.45) is 6.25. The first-order valence-electron chi connectivity index (χ1n) is 11.7. The van der Waals surface area contributed by atoms with Gasteiger partial charge in [0.1, 0.15) is 42.6 Å². The molecule has 10 nitrogen and oxygen atoms in total. The Morgan fingerprint density at radius 1 is 1.30 bits per heavy atom. The highest BCUT2D eigenvalue weighted by atomic mass is 32.1. The second-order valence-corrected chi connectivity index (χ2v) is 9.33. The topological polar surface area (TPSA) is 121 Å². The van der Waals surface area contributed by atoms with Gasteiger partial charge in [0.25, 0.3) is 0 Å². The van der Waals surface area contributed by atoms with Crippen LogP contribution in [0.25, 0.3) is 11.0 Å². The van der Waals surface area contributed by atoms with Crippen molar-refractivity contribution in [3.05, 3.63) is 65.5 Å². The van der Waals surface area contributed by atoms with Crippen molar-refractivity contribution in [3.8, 4) is 23.3 Å². The van der Waals surface area contributed by atoms with Crippen LogP contribution in [-0.2, 0) is 11.4 Å². The van der Waals surface area contributed by atoms with Crippen molar-refractivity contribution in [2.45, 2.75) is 25.5 Å². The summed E-state index contributed by atoms with van der Waals surface area (Å²) in [7, 11) is 0. The van der Waals surface area contributed by atoms with Crippen molar-refractivity contribution in [1.82, 2.24) is 29.6 Å². The summed E-state index contributed by atoms with van der Waals surface area (Å²) in [4.78, 5) is 27.6. The van der Waals surface area contributed by atoms with Gasteiger partial charge in [0.2, 0.25) is 5.91 Å². The molecule has 1 aliphatic heterocycles. The van der Waals surface area contributed by atoms with Crippen LogP contribution in [0.3, 0.4) is 0 Å². The number of aromatic nitrogens is 5. The van der Waals surface area contributed by atoms with Gasteiger partial charge in [-0.2, -0.15) is 5.10 Å². The zero-order chi connectivity index (χ0) is 25.6. The highest BCUT2D eigenvalue weighted by Gasteiger charge is 2.27. The quantitative estimate of drug-likeness (QED) is 0.294. The number of likely N-dealkylation sites (tertiary alicyclic amines) is 1. The number of piperidine rings is 1. The van der Waals surface area contributed by atoms with Crippen LogP contribution in [0.2, 0.25) is 0 Å². The van der Waals surface area contributed by atoms with Crippen molar-refractivity contribution in [3.63, 3.8) is 0 Å². The Hall–Kier alpha value is -4.43. The molecule has 0 saturated carbocycles. The maximum absolute atomic E-state index is 12.2. The van der Waals surface area contributed by atoms with Crippen LogP contribution in [0.1, 0.15) is 29.5 Å². The Balaban J connectivity index is 1.30. The van der Waals surface area contributed by atoms with E-state index in [1.807, 2.05) is 28.9 Å². The van der Waals surface area contributed by atoms with Crippen LogP contribution in [0.15, 0.2) is 55.0 Å². The van der Waals surface area contributed by atoms with Crippen molar-refractivity contribution >= 4 is 34.1 Å². The summed E-state index contributed by atoms with van der Waals surface area (Å²) < 4.78 is 13.4. The number of hydrogen-bond acceptors (Lipinski definition) is 9. The van der Waals surface area contributed by atoms with E-state index in [2.05, 4.69) is 33.4 Å². The normalized spacial score (nSPS) is 15.1. The van der Waals surface area contributed by atoms with Gasteiger partial charge in [0.05, 0.1) is 21.8 Å². The minimum absolute atomic E-state index is 0.0473. The average Bonchev–Trinajstić information content (AvgIpc) is 3.59. The second kappa shape index (κ2) is 11.1. The number of carbonyl (C=O) groups is 1. The molecule has 188 valence electrons. The number of amides is 1. The second-order valence-electron chi connectivity index (χ2n) is 8.36. The lowest BCUT2D eigenvalue weighted by atomic mass is 10.1. The van der Waals surface area contributed by atoms with Crippen molar-refractivity contribution in [2.24, 2.45) is 0 Å². The predicted octanol–water partition coefficient (Wildman–Crippen LogP) is 3.22. The number of nitrogens with two attached hydrogens (primary N) is 1. The lowest BCUT2D eigenvalue weighted by Crippen LogP contribution is -2.40. The maximum atomic E-state index is 12.2. The Morgan fingerprint density at radius 3 is 2.97 bits per heavy atom. The van der Waals surface area contributed by atoms with Crippen LogP contribution in [0, 0.1) is 11.8 Å².